The number of carbonyl (C=O) groups excluding carboxylic acids is 2. The Morgan fingerprint density at radius 2 is 2.17 bits per heavy atom. The number of thiophene rings is 1. The highest BCUT2D eigenvalue weighted by Crippen LogP contribution is 2.37. The van der Waals surface area contributed by atoms with Crippen molar-refractivity contribution < 1.29 is 19.1 Å². The van der Waals surface area contributed by atoms with Crippen molar-refractivity contribution in [3.63, 3.8) is 0 Å². The molecule has 2 aliphatic rings. The molecule has 0 radical (unpaired) electrons. The average molecular weight is 326 g/mol. The lowest BCUT2D eigenvalue weighted by molar-refractivity contribution is -0.135. The van der Waals surface area contributed by atoms with Crippen LogP contribution in [0.2, 0.25) is 0 Å². The average Bonchev–Trinajstić information content (AvgIpc) is 3.25. The van der Waals surface area contributed by atoms with Gasteiger partial charge in [-0.15, -0.1) is 11.3 Å². The molecule has 23 heavy (non-hydrogen) atoms. The van der Waals surface area contributed by atoms with Crippen LogP contribution in [0.4, 0.5) is 0 Å². The molecule has 4 rings (SSSR count). The molecule has 5 heteroatoms. The minimum absolute atomic E-state index is 0.0306. The van der Waals surface area contributed by atoms with Gasteiger partial charge >= 0.3 is 5.97 Å². The quantitative estimate of drug-likeness (QED) is 0.486. The number of allylic oxidation sites excluding steroid dienone is 1. The van der Waals surface area contributed by atoms with Gasteiger partial charge in [0.05, 0.1) is 11.5 Å². The van der Waals surface area contributed by atoms with Crippen molar-refractivity contribution in [1.82, 2.24) is 0 Å². The molecule has 2 heterocycles. The van der Waals surface area contributed by atoms with Gasteiger partial charge in [-0.3, -0.25) is 9.59 Å². The number of benzene rings is 1. The highest BCUT2D eigenvalue weighted by molar-refractivity contribution is 7.11. The van der Waals surface area contributed by atoms with Crippen molar-refractivity contribution in [1.29, 1.82) is 0 Å². The number of fused-ring (bicyclic) bond motifs is 1. The van der Waals surface area contributed by atoms with Gasteiger partial charge in [-0.2, -0.15) is 0 Å². The third-order valence-electron chi connectivity index (χ3n) is 3.93. The van der Waals surface area contributed by atoms with Crippen molar-refractivity contribution in [2.75, 3.05) is 0 Å². The summed E-state index contributed by atoms with van der Waals surface area (Å²) in [5.74, 6) is 0.838. The van der Waals surface area contributed by atoms with E-state index in [1.54, 1.807) is 35.6 Å². The first-order valence-electron chi connectivity index (χ1n) is 7.46. The molecular weight excluding hydrogens is 312 g/mol. The summed E-state index contributed by atoms with van der Waals surface area (Å²) in [6, 6.07) is 6.89. The van der Waals surface area contributed by atoms with E-state index in [1.807, 2.05) is 18.4 Å². The van der Waals surface area contributed by atoms with Gasteiger partial charge in [0.2, 0.25) is 5.78 Å². The number of rotatable bonds is 3. The normalized spacial score (nSPS) is 18.0. The lowest BCUT2D eigenvalue weighted by atomic mass is 10.1. The summed E-state index contributed by atoms with van der Waals surface area (Å²) in [4.78, 5) is 25.1. The van der Waals surface area contributed by atoms with E-state index in [9.17, 15) is 9.59 Å². The molecule has 1 aliphatic heterocycles. The predicted molar refractivity (Wildman–Crippen MR) is 86.8 cm³/mol. The number of Topliss-reactive ketones (excluding diaryl/α,β-unsaturated/α-hetero) is 1. The maximum absolute atomic E-state index is 12.4. The second-order valence-electron chi connectivity index (χ2n) is 5.76. The molecule has 1 aromatic heterocycles. The molecule has 1 aliphatic carbocycles. The van der Waals surface area contributed by atoms with Crippen molar-refractivity contribution in [2.24, 2.45) is 5.92 Å². The van der Waals surface area contributed by atoms with E-state index in [0.717, 1.165) is 23.3 Å². The Labute approximate surface area is 137 Å². The summed E-state index contributed by atoms with van der Waals surface area (Å²) in [6.07, 6.45) is 3.55. The van der Waals surface area contributed by atoms with E-state index in [1.165, 1.54) is 0 Å². The summed E-state index contributed by atoms with van der Waals surface area (Å²) >= 11 is 1.56. The van der Waals surface area contributed by atoms with Gasteiger partial charge in [-0.25, -0.2) is 0 Å². The second-order valence-corrected chi connectivity index (χ2v) is 6.71. The van der Waals surface area contributed by atoms with E-state index in [4.69, 9.17) is 9.47 Å². The first-order chi connectivity index (χ1) is 11.1. The molecule has 2 aromatic rings. The van der Waals surface area contributed by atoms with Crippen molar-refractivity contribution >= 4 is 29.2 Å². The zero-order chi connectivity index (χ0) is 16.0. The number of carbonyl (C=O) groups is 2. The van der Waals surface area contributed by atoms with Crippen LogP contribution >= 0.6 is 11.3 Å². The van der Waals surface area contributed by atoms with Gasteiger partial charge in [0.25, 0.3) is 0 Å². The van der Waals surface area contributed by atoms with E-state index in [-0.39, 0.29) is 17.7 Å². The number of aryl methyl sites for hydroxylation is 1. The first-order valence-corrected chi connectivity index (χ1v) is 8.34. The van der Waals surface area contributed by atoms with Crippen LogP contribution in [0.25, 0.3) is 6.08 Å². The summed E-state index contributed by atoms with van der Waals surface area (Å²) in [6.45, 7) is 1.99. The monoisotopic (exact) mass is 326 g/mol. The largest absolute Gasteiger partial charge is 0.452 e. The zero-order valence-electron chi connectivity index (χ0n) is 12.5. The highest BCUT2D eigenvalue weighted by atomic mass is 32.1. The van der Waals surface area contributed by atoms with E-state index >= 15 is 0 Å². The van der Waals surface area contributed by atoms with Crippen LogP contribution in [0.3, 0.4) is 0 Å². The third kappa shape index (κ3) is 2.68. The summed E-state index contributed by atoms with van der Waals surface area (Å²) in [5, 5.41) is 1.98. The SMILES string of the molecule is Cc1ccsc1/C=C1\Oc2cc(OC(=O)C3CC3)ccc2C1=O. The zero-order valence-corrected chi connectivity index (χ0v) is 13.3. The van der Waals surface area contributed by atoms with Crippen LogP contribution < -0.4 is 9.47 Å². The molecule has 1 saturated carbocycles. The number of ether oxygens (including phenoxy) is 2. The molecule has 1 fully saturated rings. The van der Waals surface area contributed by atoms with Gasteiger partial charge < -0.3 is 9.47 Å². The Kier molecular flexibility index (Phi) is 3.31. The molecule has 0 N–H and O–H groups in total. The highest BCUT2D eigenvalue weighted by Gasteiger charge is 2.32. The molecular formula is C18H14O4S. The molecule has 0 unspecified atom stereocenters. The fourth-order valence-corrected chi connectivity index (χ4v) is 3.25. The molecule has 0 saturated heterocycles. The molecule has 0 atom stereocenters. The Hall–Kier alpha value is -2.40. The minimum Gasteiger partial charge on any atom is -0.452 e. The number of hydrogen-bond donors (Lipinski definition) is 0. The predicted octanol–water partition coefficient (Wildman–Crippen LogP) is 3.99. The number of ketones is 1. The van der Waals surface area contributed by atoms with E-state index in [0.29, 0.717) is 22.8 Å². The first kappa shape index (κ1) is 14.2. The smallest absolute Gasteiger partial charge is 0.314 e. The Balaban J connectivity index is 1.59. The summed E-state index contributed by atoms with van der Waals surface area (Å²) < 4.78 is 11.0. The Bertz CT molecular complexity index is 842. The molecule has 1 aromatic carbocycles. The Morgan fingerprint density at radius 1 is 1.35 bits per heavy atom. The number of hydrogen-bond acceptors (Lipinski definition) is 5. The van der Waals surface area contributed by atoms with Crippen LogP contribution in [-0.4, -0.2) is 11.8 Å². The topological polar surface area (TPSA) is 52.6 Å². The van der Waals surface area contributed by atoms with Crippen molar-refractivity contribution in [2.45, 2.75) is 19.8 Å². The van der Waals surface area contributed by atoms with Gasteiger partial charge in [0.15, 0.2) is 5.76 Å². The lowest BCUT2D eigenvalue weighted by Crippen LogP contribution is -2.09. The molecule has 116 valence electrons. The molecule has 0 spiro atoms. The van der Waals surface area contributed by atoms with E-state index < -0.39 is 0 Å². The van der Waals surface area contributed by atoms with Crippen LogP contribution in [0.5, 0.6) is 11.5 Å². The van der Waals surface area contributed by atoms with Crippen LogP contribution in [0.1, 0.15) is 33.6 Å². The van der Waals surface area contributed by atoms with Gasteiger partial charge in [0.1, 0.15) is 11.5 Å². The lowest BCUT2D eigenvalue weighted by Gasteiger charge is -2.04. The molecule has 0 amide bonds. The molecule has 4 nitrogen and oxygen atoms in total. The molecule has 0 bridgehead atoms. The third-order valence-corrected chi connectivity index (χ3v) is 4.90. The second kappa shape index (κ2) is 5.35. The minimum atomic E-state index is -0.209. The standard InChI is InChI=1S/C18H14O4S/c1-10-6-7-23-16(10)9-15-17(19)13-5-4-12(8-14(13)22-15)21-18(20)11-2-3-11/h4-9,11H,2-3H2,1H3/b15-9-. The maximum Gasteiger partial charge on any atom is 0.314 e. The van der Waals surface area contributed by atoms with Gasteiger partial charge in [0, 0.05) is 17.0 Å². The van der Waals surface area contributed by atoms with Crippen LogP contribution in [0.15, 0.2) is 35.4 Å². The fourth-order valence-electron chi connectivity index (χ4n) is 2.40. The fraction of sp³-hybridized carbons (Fsp3) is 0.222. The Morgan fingerprint density at radius 3 is 2.87 bits per heavy atom. The van der Waals surface area contributed by atoms with Crippen molar-refractivity contribution in [3.05, 3.63) is 51.4 Å². The summed E-state index contributed by atoms with van der Waals surface area (Å²) in [7, 11) is 0. The number of esters is 1. The maximum atomic E-state index is 12.4. The van der Waals surface area contributed by atoms with Crippen molar-refractivity contribution in [3.8, 4) is 11.5 Å². The van der Waals surface area contributed by atoms with Crippen LogP contribution in [0, 0.1) is 12.8 Å². The van der Waals surface area contributed by atoms with Crippen LogP contribution in [-0.2, 0) is 4.79 Å². The van der Waals surface area contributed by atoms with Gasteiger partial charge in [-0.1, -0.05) is 0 Å². The van der Waals surface area contributed by atoms with E-state index in [2.05, 4.69) is 0 Å². The summed E-state index contributed by atoms with van der Waals surface area (Å²) in [5.41, 5.74) is 1.60. The van der Waals surface area contributed by atoms with Gasteiger partial charge in [-0.05, 0) is 48.9 Å².